The molecule has 0 aliphatic carbocycles. The zero-order chi connectivity index (χ0) is 6.69. The molecule has 0 aliphatic heterocycles. The second-order valence-electron chi connectivity index (χ2n) is 2.12. The van der Waals surface area contributed by atoms with Crippen LogP contribution in [0.15, 0.2) is 24.3 Å². The van der Waals surface area contributed by atoms with Gasteiger partial charge in [-0.05, 0) is 12.1 Å². The second-order valence-corrected chi connectivity index (χ2v) is 2.12. The van der Waals surface area contributed by atoms with E-state index in [9.17, 15) is 0 Å². The molecule has 0 aliphatic rings. The van der Waals surface area contributed by atoms with Gasteiger partial charge >= 0.3 is 0 Å². The Hall–Kier alpha value is -0.915. The molecule has 0 saturated carbocycles. The Morgan fingerprint density at radius 1 is 1.22 bits per heavy atom. The van der Waals surface area contributed by atoms with Gasteiger partial charge in [-0.15, -0.1) is 0 Å². The number of rotatable bonds is 1. The first-order valence-electron chi connectivity index (χ1n) is 3.07. The highest BCUT2D eigenvalue weighted by atomic mass is 14.8. The zero-order valence-corrected chi connectivity index (χ0v) is 5.81. The highest BCUT2D eigenvalue weighted by Gasteiger charge is 1.83. The molecule has 1 nitrogen and oxygen atoms in total. The molecule has 0 bridgehead atoms. The molecular formula is C7H10BN. The molecule has 9 heavy (non-hydrogen) atoms. The van der Waals surface area contributed by atoms with Crippen LogP contribution in [0.5, 0.6) is 0 Å². The van der Waals surface area contributed by atoms with Crippen LogP contribution < -0.4 is 10.8 Å². The molecular weight excluding hydrogens is 109 g/mol. The average molecular weight is 119 g/mol. The molecule has 1 N–H and O–H groups in total. The number of anilines is 1. The summed E-state index contributed by atoms with van der Waals surface area (Å²) in [7, 11) is 4.00. The highest BCUT2D eigenvalue weighted by Crippen LogP contribution is 2.00. The molecule has 1 rings (SSSR count). The van der Waals surface area contributed by atoms with Crippen LogP contribution in [0.25, 0.3) is 0 Å². The number of hydrogen-bond acceptors (Lipinski definition) is 1. The van der Waals surface area contributed by atoms with Gasteiger partial charge in [0, 0.05) is 12.7 Å². The van der Waals surface area contributed by atoms with E-state index in [0.29, 0.717) is 0 Å². The maximum Gasteiger partial charge on any atom is 0.139 e. The lowest BCUT2D eigenvalue weighted by atomic mass is 9.96. The van der Waals surface area contributed by atoms with Gasteiger partial charge < -0.3 is 5.32 Å². The van der Waals surface area contributed by atoms with Gasteiger partial charge in [-0.2, -0.15) is 0 Å². The lowest BCUT2D eigenvalue weighted by Crippen LogP contribution is -2.00. The van der Waals surface area contributed by atoms with E-state index in [0.717, 1.165) is 0 Å². The van der Waals surface area contributed by atoms with Gasteiger partial charge in [-0.3, -0.25) is 0 Å². The van der Waals surface area contributed by atoms with Gasteiger partial charge in [-0.1, -0.05) is 17.6 Å². The fourth-order valence-corrected chi connectivity index (χ4v) is 0.720. The summed E-state index contributed by atoms with van der Waals surface area (Å²) in [6.07, 6.45) is 0. The van der Waals surface area contributed by atoms with Crippen molar-refractivity contribution in [1.82, 2.24) is 0 Å². The van der Waals surface area contributed by atoms with E-state index in [-0.39, 0.29) is 0 Å². The van der Waals surface area contributed by atoms with Crippen molar-refractivity contribution in [3.8, 4) is 0 Å². The normalized spacial score (nSPS) is 9.00. The first kappa shape index (κ1) is 6.21. The standard InChI is InChI=1S/C7H10BN/c1-9-7-4-2-6(8)3-5-7/h2-5,9H,8H2,1H3. The van der Waals surface area contributed by atoms with E-state index in [1.807, 2.05) is 7.05 Å². The summed E-state index contributed by atoms with van der Waals surface area (Å²) < 4.78 is 0. The molecule has 0 spiro atoms. The van der Waals surface area contributed by atoms with Gasteiger partial charge in [0.2, 0.25) is 0 Å². The third-order valence-corrected chi connectivity index (χ3v) is 1.34. The molecule has 0 unspecified atom stereocenters. The van der Waals surface area contributed by atoms with Crippen molar-refractivity contribution in [2.24, 2.45) is 0 Å². The number of benzene rings is 1. The molecule has 0 atom stereocenters. The van der Waals surface area contributed by atoms with Crippen LogP contribution in [0.2, 0.25) is 0 Å². The van der Waals surface area contributed by atoms with Crippen molar-refractivity contribution in [2.45, 2.75) is 0 Å². The Bertz CT molecular complexity index is 181. The summed E-state index contributed by atoms with van der Waals surface area (Å²) in [5.41, 5.74) is 2.47. The van der Waals surface area contributed by atoms with Crippen molar-refractivity contribution in [3.05, 3.63) is 24.3 Å². The van der Waals surface area contributed by atoms with Crippen LogP contribution in [-0.4, -0.2) is 14.9 Å². The minimum absolute atomic E-state index is 1.17. The Kier molecular flexibility index (Phi) is 1.78. The SMILES string of the molecule is Bc1ccc(NC)cc1. The maximum atomic E-state index is 3.05. The number of hydrogen-bond donors (Lipinski definition) is 1. The predicted octanol–water partition coefficient (Wildman–Crippen LogP) is -0.0133. The third kappa shape index (κ3) is 1.49. The lowest BCUT2D eigenvalue weighted by Gasteiger charge is -1.97. The monoisotopic (exact) mass is 119 g/mol. The predicted molar refractivity (Wildman–Crippen MR) is 44.2 cm³/mol. The smallest absolute Gasteiger partial charge is 0.139 e. The van der Waals surface area contributed by atoms with Crippen LogP contribution >= 0.6 is 0 Å². The Morgan fingerprint density at radius 2 is 1.78 bits per heavy atom. The molecule has 0 amide bonds. The van der Waals surface area contributed by atoms with Gasteiger partial charge in [0.15, 0.2) is 0 Å². The molecule has 0 radical (unpaired) electrons. The summed E-state index contributed by atoms with van der Waals surface area (Å²) in [6, 6.07) is 8.31. The number of nitrogens with one attached hydrogen (secondary N) is 1. The topological polar surface area (TPSA) is 12.0 Å². The summed E-state index contributed by atoms with van der Waals surface area (Å²) in [5.74, 6) is 0. The summed E-state index contributed by atoms with van der Waals surface area (Å²) in [4.78, 5) is 0. The summed E-state index contributed by atoms with van der Waals surface area (Å²) in [6.45, 7) is 0. The first-order valence-corrected chi connectivity index (χ1v) is 3.07. The summed E-state index contributed by atoms with van der Waals surface area (Å²) >= 11 is 0. The molecule has 46 valence electrons. The van der Waals surface area contributed by atoms with E-state index in [2.05, 4.69) is 37.4 Å². The maximum absolute atomic E-state index is 3.05. The Balaban J connectivity index is 2.88. The van der Waals surface area contributed by atoms with E-state index in [4.69, 9.17) is 0 Å². The van der Waals surface area contributed by atoms with Crippen LogP contribution in [0.4, 0.5) is 5.69 Å². The molecule has 2 heteroatoms. The summed E-state index contributed by atoms with van der Waals surface area (Å²) in [5, 5.41) is 3.05. The molecule has 1 aromatic carbocycles. The Labute approximate surface area is 56.5 Å². The van der Waals surface area contributed by atoms with Gasteiger partial charge in [0.05, 0.1) is 0 Å². The second kappa shape index (κ2) is 2.58. The minimum Gasteiger partial charge on any atom is -0.388 e. The van der Waals surface area contributed by atoms with E-state index in [1.165, 1.54) is 11.2 Å². The third-order valence-electron chi connectivity index (χ3n) is 1.34. The average Bonchev–Trinajstić information content (AvgIpc) is 1.90. The zero-order valence-electron chi connectivity index (χ0n) is 5.81. The minimum atomic E-state index is 1.17. The quantitative estimate of drug-likeness (QED) is 0.512. The van der Waals surface area contributed by atoms with Crippen molar-refractivity contribution in [1.29, 1.82) is 0 Å². The van der Waals surface area contributed by atoms with Crippen LogP contribution in [-0.2, 0) is 0 Å². The highest BCUT2D eigenvalue weighted by molar-refractivity contribution is 6.32. The van der Waals surface area contributed by atoms with Gasteiger partial charge in [0.1, 0.15) is 7.85 Å². The fourth-order valence-electron chi connectivity index (χ4n) is 0.720. The van der Waals surface area contributed by atoms with Crippen molar-refractivity contribution in [2.75, 3.05) is 12.4 Å². The molecule has 0 heterocycles. The van der Waals surface area contributed by atoms with E-state index >= 15 is 0 Å². The van der Waals surface area contributed by atoms with E-state index in [1.54, 1.807) is 0 Å². The fraction of sp³-hybridized carbons (Fsp3) is 0.143. The molecule has 0 saturated heterocycles. The van der Waals surface area contributed by atoms with Crippen molar-refractivity contribution < 1.29 is 0 Å². The van der Waals surface area contributed by atoms with E-state index < -0.39 is 0 Å². The largest absolute Gasteiger partial charge is 0.388 e. The van der Waals surface area contributed by atoms with Crippen molar-refractivity contribution >= 4 is 19.0 Å². The van der Waals surface area contributed by atoms with Crippen LogP contribution in [0.1, 0.15) is 0 Å². The van der Waals surface area contributed by atoms with Crippen LogP contribution in [0, 0.1) is 0 Å². The molecule has 0 fully saturated rings. The first-order chi connectivity index (χ1) is 4.33. The Morgan fingerprint density at radius 3 is 2.22 bits per heavy atom. The van der Waals surface area contributed by atoms with Gasteiger partial charge in [-0.25, -0.2) is 0 Å². The van der Waals surface area contributed by atoms with Crippen molar-refractivity contribution in [3.63, 3.8) is 0 Å². The van der Waals surface area contributed by atoms with Gasteiger partial charge in [0.25, 0.3) is 0 Å². The van der Waals surface area contributed by atoms with Crippen LogP contribution in [0.3, 0.4) is 0 Å². The molecule has 1 aromatic rings. The lowest BCUT2D eigenvalue weighted by molar-refractivity contribution is 1.52. The molecule has 0 aromatic heterocycles.